The van der Waals surface area contributed by atoms with E-state index < -0.39 is 5.92 Å². The lowest BCUT2D eigenvalue weighted by Crippen LogP contribution is -2.45. The van der Waals surface area contributed by atoms with Crippen LogP contribution in [0.1, 0.15) is 72.1 Å². The highest BCUT2D eigenvalue weighted by Gasteiger charge is 2.37. The first-order chi connectivity index (χ1) is 14.9. The third-order valence-corrected chi connectivity index (χ3v) is 6.69. The summed E-state index contributed by atoms with van der Waals surface area (Å²) in [5.74, 6) is -0.119. The molecule has 0 aromatic heterocycles. The molecular weight excluding hydrogens is 394 g/mol. The summed E-state index contributed by atoms with van der Waals surface area (Å²) in [5.41, 5.74) is 1.38. The average molecular weight is 436 g/mol. The van der Waals surface area contributed by atoms with E-state index in [0.29, 0.717) is 57.1 Å². The summed E-state index contributed by atoms with van der Waals surface area (Å²) >= 11 is 0. The minimum Gasteiger partial charge on any atom is -0.385 e. The number of nitrogens with one attached hydrogen (secondary N) is 1. The van der Waals surface area contributed by atoms with Gasteiger partial charge in [-0.1, -0.05) is 19.3 Å². The van der Waals surface area contributed by atoms with Gasteiger partial charge in [-0.15, -0.1) is 0 Å². The van der Waals surface area contributed by atoms with Gasteiger partial charge in [0.1, 0.15) is 0 Å². The topological polar surface area (TPSA) is 79.0 Å². The number of carbonyl (C=O) groups is 3. The number of rotatable bonds is 11. The zero-order valence-electron chi connectivity index (χ0n) is 19.9. The molecule has 1 heterocycles. The van der Waals surface area contributed by atoms with Crippen molar-refractivity contribution in [1.29, 1.82) is 0 Å². The van der Waals surface area contributed by atoms with Crippen molar-refractivity contribution < 1.29 is 19.1 Å². The van der Waals surface area contributed by atoms with Crippen LogP contribution in [0.4, 0.5) is 0 Å². The lowest BCUT2D eigenvalue weighted by atomic mass is 9.87. The van der Waals surface area contributed by atoms with Crippen molar-refractivity contribution in [1.82, 2.24) is 15.1 Å². The van der Waals surface area contributed by atoms with Crippen molar-refractivity contribution in [2.75, 3.05) is 39.9 Å². The Morgan fingerprint density at radius 2 is 1.84 bits per heavy atom. The monoisotopic (exact) mass is 435 g/mol. The Bertz CT molecular complexity index is 651. The highest BCUT2D eigenvalue weighted by Crippen LogP contribution is 2.31. The molecule has 2 rings (SSSR count). The van der Waals surface area contributed by atoms with E-state index in [2.05, 4.69) is 5.32 Å². The van der Waals surface area contributed by atoms with Gasteiger partial charge in [0.2, 0.25) is 11.8 Å². The number of hydrogen-bond acceptors (Lipinski definition) is 4. The van der Waals surface area contributed by atoms with Gasteiger partial charge < -0.3 is 19.9 Å². The summed E-state index contributed by atoms with van der Waals surface area (Å²) in [4.78, 5) is 42.4. The maximum Gasteiger partial charge on any atom is 0.251 e. The van der Waals surface area contributed by atoms with Crippen molar-refractivity contribution in [2.24, 2.45) is 11.8 Å². The molecule has 7 heteroatoms. The third kappa shape index (κ3) is 7.06. The minimum atomic E-state index is -0.493. The SMILES string of the molecule is CCN(CC)C(=O)C1=C(C)N(CCCOC)C(=O)C(CC(=O)NCC2CCCCC2)C1. The molecular formula is C24H41N3O4. The van der Waals surface area contributed by atoms with Crippen LogP contribution in [0.15, 0.2) is 11.3 Å². The fourth-order valence-corrected chi connectivity index (χ4v) is 4.72. The summed E-state index contributed by atoms with van der Waals surface area (Å²) in [6.45, 7) is 8.73. The first-order valence-electron chi connectivity index (χ1n) is 12.0. The smallest absolute Gasteiger partial charge is 0.251 e. The van der Waals surface area contributed by atoms with Gasteiger partial charge in [-0.2, -0.15) is 0 Å². The predicted molar refractivity (Wildman–Crippen MR) is 121 cm³/mol. The molecule has 1 fully saturated rings. The summed E-state index contributed by atoms with van der Waals surface area (Å²) in [7, 11) is 1.63. The molecule has 1 aliphatic carbocycles. The molecule has 0 saturated heterocycles. The average Bonchev–Trinajstić information content (AvgIpc) is 2.78. The van der Waals surface area contributed by atoms with E-state index in [0.717, 1.165) is 5.70 Å². The fourth-order valence-electron chi connectivity index (χ4n) is 4.72. The molecule has 3 amide bonds. The van der Waals surface area contributed by atoms with Crippen LogP contribution in [-0.4, -0.2) is 67.4 Å². The molecule has 1 N–H and O–H groups in total. The second kappa shape index (κ2) is 12.8. The zero-order chi connectivity index (χ0) is 22.8. The molecule has 1 saturated carbocycles. The number of carbonyl (C=O) groups excluding carboxylic acids is 3. The van der Waals surface area contributed by atoms with Crippen molar-refractivity contribution in [2.45, 2.75) is 72.1 Å². The van der Waals surface area contributed by atoms with E-state index in [-0.39, 0.29) is 24.1 Å². The Kier molecular flexibility index (Phi) is 10.5. The summed E-state index contributed by atoms with van der Waals surface area (Å²) in [6.07, 6.45) is 7.24. The number of nitrogens with zero attached hydrogens (tertiary/aromatic N) is 2. The van der Waals surface area contributed by atoms with Gasteiger partial charge >= 0.3 is 0 Å². The molecule has 176 valence electrons. The van der Waals surface area contributed by atoms with Crippen molar-refractivity contribution >= 4 is 17.7 Å². The Balaban J connectivity index is 2.10. The number of methoxy groups -OCH3 is 1. The largest absolute Gasteiger partial charge is 0.385 e. The van der Waals surface area contributed by atoms with Gasteiger partial charge in [0.15, 0.2) is 0 Å². The van der Waals surface area contributed by atoms with Crippen LogP contribution < -0.4 is 5.32 Å². The van der Waals surface area contributed by atoms with Gasteiger partial charge in [0, 0.05) is 57.6 Å². The number of amides is 3. The Morgan fingerprint density at radius 1 is 1.16 bits per heavy atom. The van der Waals surface area contributed by atoms with Crippen LogP contribution in [0.2, 0.25) is 0 Å². The number of allylic oxidation sites excluding steroid dienone is 1. The second-order valence-corrected chi connectivity index (χ2v) is 8.79. The second-order valence-electron chi connectivity index (χ2n) is 8.79. The van der Waals surface area contributed by atoms with E-state index in [9.17, 15) is 14.4 Å². The first kappa shape index (κ1) is 25.4. The minimum absolute atomic E-state index is 0.0284. The van der Waals surface area contributed by atoms with Gasteiger partial charge in [0.05, 0.1) is 5.92 Å². The molecule has 0 radical (unpaired) electrons. The van der Waals surface area contributed by atoms with E-state index in [1.54, 1.807) is 16.9 Å². The lowest BCUT2D eigenvalue weighted by molar-refractivity contribution is -0.138. The molecule has 1 atom stereocenters. The van der Waals surface area contributed by atoms with E-state index in [1.807, 2.05) is 20.8 Å². The normalized spacial score (nSPS) is 20.2. The van der Waals surface area contributed by atoms with E-state index in [4.69, 9.17) is 4.74 Å². The van der Waals surface area contributed by atoms with Crippen LogP contribution in [-0.2, 0) is 19.1 Å². The molecule has 0 aromatic carbocycles. The fraction of sp³-hybridized carbons (Fsp3) is 0.792. The summed E-state index contributed by atoms with van der Waals surface area (Å²) < 4.78 is 5.14. The van der Waals surface area contributed by atoms with Crippen molar-refractivity contribution in [3.63, 3.8) is 0 Å². The highest BCUT2D eigenvalue weighted by molar-refractivity contribution is 5.98. The van der Waals surface area contributed by atoms with Crippen LogP contribution in [0.3, 0.4) is 0 Å². The molecule has 2 aliphatic rings. The summed E-state index contributed by atoms with van der Waals surface area (Å²) in [5, 5.41) is 3.05. The summed E-state index contributed by atoms with van der Waals surface area (Å²) in [6, 6.07) is 0. The Hall–Kier alpha value is -1.89. The lowest BCUT2D eigenvalue weighted by Gasteiger charge is -2.36. The molecule has 1 unspecified atom stereocenters. The molecule has 0 bridgehead atoms. The standard InChI is InChI=1S/C24H41N3O4/c1-5-26(6-2)24(30)21-15-20(23(29)27(18(21)3)13-10-14-31-4)16-22(28)25-17-19-11-8-7-9-12-19/h19-20H,5-17H2,1-4H3,(H,25,28). The van der Waals surface area contributed by atoms with Gasteiger partial charge in [-0.25, -0.2) is 0 Å². The van der Waals surface area contributed by atoms with Crippen molar-refractivity contribution in [3.8, 4) is 0 Å². The predicted octanol–water partition coefficient (Wildman–Crippen LogP) is 3.10. The van der Waals surface area contributed by atoms with Crippen LogP contribution in [0, 0.1) is 11.8 Å². The zero-order valence-corrected chi connectivity index (χ0v) is 19.9. The molecule has 0 spiro atoms. The number of hydrogen-bond donors (Lipinski definition) is 1. The Morgan fingerprint density at radius 3 is 2.45 bits per heavy atom. The van der Waals surface area contributed by atoms with E-state index >= 15 is 0 Å². The van der Waals surface area contributed by atoms with Gasteiger partial charge in [0.25, 0.3) is 5.91 Å². The first-order valence-corrected chi connectivity index (χ1v) is 12.0. The van der Waals surface area contributed by atoms with Gasteiger partial charge in [-0.05, 0) is 52.4 Å². The molecule has 7 nitrogen and oxygen atoms in total. The number of ether oxygens (including phenoxy) is 1. The number of likely N-dealkylation sites (N-methyl/N-ethyl adjacent to an activating group) is 1. The quantitative estimate of drug-likeness (QED) is 0.506. The van der Waals surface area contributed by atoms with Crippen LogP contribution >= 0.6 is 0 Å². The van der Waals surface area contributed by atoms with Crippen LogP contribution in [0.25, 0.3) is 0 Å². The maximum atomic E-state index is 13.2. The molecule has 31 heavy (non-hydrogen) atoms. The highest BCUT2D eigenvalue weighted by atomic mass is 16.5. The van der Waals surface area contributed by atoms with Crippen molar-refractivity contribution in [3.05, 3.63) is 11.3 Å². The van der Waals surface area contributed by atoms with Crippen LogP contribution in [0.5, 0.6) is 0 Å². The molecule has 0 aromatic rings. The van der Waals surface area contributed by atoms with E-state index in [1.165, 1.54) is 32.1 Å². The van der Waals surface area contributed by atoms with Gasteiger partial charge in [-0.3, -0.25) is 14.4 Å². The maximum absolute atomic E-state index is 13.2. The Labute approximate surface area is 187 Å². The molecule has 1 aliphatic heterocycles. The third-order valence-electron chi connectivity index (χ3n) is 6.69.